The number of aromatic nitrogens is 2. The van der Waals surface area contributed by atoms with Crippen LogP contribution in [0.4, 0.5) is 11.4 Å². The van der Waals surface area contributed by atoms with Crippen LogP contribution < -0.4 is 20.3 Å². The SMILES string of the molecule is CCc1ccc(-n2c(C)cc([C@H]3[C@@H](c4ccccn4)NC(=S)N3c3ccc(NC(=O)COc4ccccc4)cc3)c2C)cc1. The standard InChI is InChI=1S/C36H35N5O2S/c1-4-26-13-17-28(18-14-26)40-24(2)22-31(25(40)3)35-34(32-12-8-9-21-37-32)39-36(44)41(35)29-19-15-27(16-20-29)38-33(42)23-43-30-10-6-5-7-11-30/h5-22,34-35H,4,23H2,1-3H3,(H,38,42)(H,39,44)/t34-,35+/m1/s1. The summed E-state index contributed by atoms with van der Waals surface area (Å²) in [6, 6.07) is 33.7. The normalized spacial score (nSPS) is 16.1. The van der Waals surface area contributed by atoms with Crippen LogP contribution in [0.15, 0.2) is 109 Å². The number of nitrogens with zero attached hydrogens (tertiary/aromatic N) is 3. The number of para-hydroxylation sites is 1. The van der Waals surface area contributed by atoms with E-state index < -0.39 is 0 Å². The number of carbonyl (C=O) groups is 1. The Morgan fingerprint density at radius 2 is 1.64 bits per heavy atom. The summed E-state index contributed by atoms with van der Waals surface area (Å²) in [5, 5.41) is 7.10. The second-order valence-corrected chi connectivity index (χ2v) is 11.3. The van der Waals surface area contributed by atoms with E-state index in [9.17, 15) is 4.79 Å². The minimum Gasteiger partial charge on any atom is -0.484 e. The Balaban J connectivity index is 1.30. The maximum absolute atomic E-state index is 12.6. The number of thiocarbonyl (C=S) groups is 1. The van der Waals surface area contributed by atoms with Crippen molar-refractivity contribution in [3.05, 3.63) is 138 Å². The van der Waals surface area contributed by atoms with Crippen LogP contribution in [0, 0.1) is 13.8 Å². The van der Waals surface area contributed by atoms with Crippen LogP contribution in [0.1, 0.15) is 47.2 Å². The maximum Gasteiger partial charge on any atom is 0.262 e. The van der Waals surface area contributed by atoms with E-state index in [0.717, 1.165) is 34.9 Å². The Bertz CT molecular complexity index is 1750. The first-order chi connectivity index (χ1) is 21.4. The first kappa shape index (κ1) is 29.1. The number of hydrogen-bond donors (Lipinski definition) is 2. The molecule has 0 aliphatic carbocycles. The molecule has 3 heterocycles. The van der Waals surface area contributed by atoms with E-state index in [-0.39, 0.29) is 24.6 Å². The van der Waals surface area contributed by atoms with Gasteiger partial charge in [0.15, 0.2) is 11.7 Å². The Morgan fingerprint density at radius 3 is 2.32 bits per heavy atom. The third-order valence-electron chi connectivity index (χ3n) is 8.03. The van der Waals surface area contributed by atoms with E-state index in [1.165, 1.54) is 11.1 Å². The van der Waals surface area contributed by atoms with Crippen molar-refractivity contribution in [1.82, 2.24) is 14.9 Å². The predicted octanol–water partition coefficient (Wildman–Crippen LogP) is 7.25. The van der Waals surface area contributed by atoms with E-state index in [0.29, 0.717) is 16.5 Å². The first-order valence-electron chi connectivity index (χ1n) is 14.8. The summed E-state index contributed by atoms with van der Waals surface area (Å²) >= 11 is 5.96. The van der Waals surface area contributed by atoms with Crippen LogP contribution in [-0.4, -0.2) is 27.2 Å². The van der Waals surface area contributed by atoms with Crippen molar-refractivity contribution in [2.75, 3.05) is 16.8 Å². The molecule has 1 aliphatic rings. The van der Waals surface area contributed by atoms with Crippen molar-refractivity contribution in [3.8, 4) is 11.4 Å². The average Bonchev–Trinajstić information content (AvgIpc) is 3.55. The van der Waals surface area contributed by atoms with Crippen molar-refractivity contribution < 1.29 is 9.53 Å². The second kappa shape index (κ2) is 12.7. The smallest absolute Gasteiger partial charge is 0.262 e. The molecule has 5 aromatic rings. The number of amides is 1. The van der Waals surface area contributed by atoms with E-state index in [2.05, 4.69) is 71.2 Å². The van der Waals surface area contributed by atoms with E-state index in [1.54, 1.807) is 0 Å². The lowest BCUT2D eigenvalue weighted by molar-refractivity contribution is -0.118. The molecule has 2 N–H and O–H groups in total. The molecule has 222 valence electrons. The monoisotopic (exact) mass is 601 g/mol. The molecule has 0 bridgehead atoms. The van der Waals surface area contributed by atoms with Crippen LogP contribution >= 0.6 is 12.2 Å². The number of nitrogens with one attached hydrogen (secondary N) is 2. The highest BCUT2D eigenvalue weighted by Gasteiger charge is 2.42. The molecule has 1 aliphatic heterocycles. The molecule has 0 saturated carbocycles. The summed E-state index contributed by atoms with van der Waals surface area (Å²) in [4.78, 5) is 19.4. The predicted molar refractivity (Wildman–Crippen MR) is 180 cm³/mol. The molecular formula is C36H35N5O2S. The Morgan fingerprint density at radius 1 is 0.932 bits per heavy atom. The third kappa shape index (κ3) is 5.94. The quantitative estimate of drug-likeness (QED) is 0.174. The van der Waals surface area contributed by atoms with Gasteiger partial charge in [-0.1, -0.05) is 43.3 Å². The molecule has 7 nitrogen and oxygen atoms in total. The van der Waals surface area contributed by atoms with Gasteiger partial charge in [0.25, 0.3) is 5.91 Å². The van der Waals surface area contributed by atoms with E-state index in [1.807, 2.05) is 79.0 Å². The van der Waals surface area contributed by atoms with Crippen molar-refractivity contribution in [1.29, 1.82) is 0 Å². The molecule has 2 atom stereocenters. The van der Waals surface area contributed by atoms with Crippen LogP contribution in [-0.2, 0) is 11.2 Å². The summed E-state index contributed by atoms with van der Waals surface area (Å²) in [6.45, 7) is 6.41. The number of benzene rings is 3. The number of pyridine rings is 1. The zero-order valence-corrected chi connectivity index (χ0v) is 25.8. The summed E-state index contributed by atoms with van der Waals surface area (Å²) in [7, 11) is 0. The minimum atomic E-state index is -0.229. The molecule has 6 rings (SSSR count). The zero-order chi connectivity index (χ0) is 30.6. The number of ether oxygens (including phenoxy) is 1. The highest BCUT2D eigenvalue weighted by atomic mass is 32.1. The van der Waals surface area contributed by atoms with Gasteiger partial charge in [0.2, 0.25) is 0 Å². The van der Waals surface area contributed by atoms with E-state index in [4.69, 9.17) is 21.9 Å². The second-order valence-electron chi connectivity index (χ2n) is 10.9. The average molecular weight is 602 g/mol. The van der Waals surface area contributed by atoms with Crippen LogP contribution in [0.25, 0.3) is 5.69 Å². The van der Waals surface area contributed by atoms with Gasteiger partial charge in [-0.2, -0.15) is 0 Å². The molecule has 2 aromatic heterocycles. The topological polar surface area (TPSA) is 71.4 Å². The molecule has 1 fully saturated rings. The largest absolute Gasteiger partial charge is 0.484 e. The lowest BCUT2D eigenvalue weighted by Crippen LogP contribution is -2.29. The van der Waals surface area contributed by atoms with Gasteiger partial charge in [0, 0.05) is 34.6 Å². The van der Waals surface area contributed by atoms with Crippen molar-refractivity contribution in [2.24, 2.45) is 0 Å². The Hall–Kier alpha value is -4.95. The fourth-order valence-electron chi connectivity index (χ4n) is 5.88. The van der Waals surface area contributed by atoms with Gasteiger partial charge in [-0.05, 0) is 110 Å². The number of carbonyl (C=O) groups excluding carboxylic acids is 1. The number of rotatable bonds is 9. The molecular weight excluding hydrogens is 566 g/mol. The van der Waals surface area contributed by atoms with Gasteiger partial charge in [-0.15, -0.1) is 0 Å². The maximum atomic E-state index is 12.6. The van der Waals surface area contributed by atoms with Gasteiger partial charge >= 0.3 is 0 Å². The third-order valence-corrected chi connectivity index (χ3v) is 8.35. The fraction of sp³-hybridized carbons (Fsp3) is 0.194. The molecule has 44 heavy (non-hydrogen) atoms. The minimum absolute atomic E-state index is 0.0729. The zero-order valence-electron chi connectivity index (χ0n) is 25.0. The molecule has 1 amide bonds. The van der Waals surface area contributed by atoms with Crippen LogP contribution in [0.2, 0.25) is 0 Å². The Labute approximate surface area is 263 Å². The summed E-state index contributed by atoms with van der Waals surface area (Å²) in [5.74, 6) is 0.423. The van der Waals surface area contributed by atoms with Crippen LogP contribution in [0.3, 0.4) is 0 Å². The summed E-state index contributed by atoms with van der Waals surface area (Å²) < 4.78 is 7.89. The van der Waals surface area contributed by atoms with Gasteiger partial charge < -0.3 is 24.8 Å². The van der Waals surface area contributed by atoms with E-state index >= 15 is 0 Å². The molecule has 0 radical (unpaired) electrons. The Kier molecular flexibility index (Phi) is 8.43. The van der Waals surface area contributed by atoms with Crippen molar-refractivity contribution in [2.45, 2.75) is 39.3 Å². The van der Waals surface area contributed by atoms with Gasteiger partial charge in [0.05, 0.1) is 17.8 Å². The molecule has 1 saturated heterocycles. The molecule has 3 aromatic carbocycles. The molecule has 0 unspecified atom stereocenters. The summed E-state index contributed by atoms with van der Waals surface area (Å²) in [6.07, 6.45) is 2.82. The lowest BCUT2D eigenvalue weighted by atomic mass is 9.96. The summed E-state index contributed by atoms with van der Waals surface area (Å²) in [5.41, 5.74) is 8.43. The molecule has 0 spiro atoms. The fourth-order valence-corrected chi connectivity index (χ4v) is 6.23. The number of hydrogen-bond acceptors (Lipinski definition) is 4. The van der Waals surface area contributed by atoms with Gasteiger partial charge in [0.1, 0.15) is 5.75 Å². The van der Waals surface area contributed by atoms with Gasteiger partial charge in [-0.3, -0.25) is 9.78 Å². The number of anilines is 2. The molecule has 8 heteroatoms. The highest BCUT2D eigenvalue weighted by Crippen LogP contribution is 2.44. The van der Waals surface area contributed by atoms with Crippen molar-refractivity contribution >= 4 is 34.6 Å². The van der Waals surface area contributed by atoms with Crippen LogP contribution in [0.5, 0.6) is 5.75 Å². The first-order valence-corrected chi connectivity index (χ1v) is 15.2. The highest BCUT2D eigenvalue weighted by molar-refractivity contribution is 7.80. The lowest BCUT2D eigenvalue weighted by Gasteiger charge is -2.28. The number of aryl methyl sites for hydroxylation is 2. The van der Waals surface area contributed by atoms with Crippen molar-refractivity contribution in [3.63, 3.8) is 0 Å². The van der Waals surface area contributed by atoms with Gasteiger partial charge in [-0.25, -0.2) is 0 Å².